The Bertz CT molecular complexity index is 786. The van der Waals surface area contributed by atoms with E-state index in [9.17, 15) is 19.5 Å². The van der Waals surface area contributed by atoms with E-state index >= 15 is 0 Å². The molecule has 6 N–H and O–H groups in total. The van der Waals surface area contributed by atoms with Gasteiger partial charge in [0, 0.05) is 18.9 Å². The fourth-order valence-corrected chi connectivity index (χ4v) is 3.55. The van der Waals surface area contributed by atoms with Crippen LogP contribution in [-0.4, -0.2) is 59.3 Å². The van der Waals surface area contributed by atoms with E-state index in [2.05, 4.69) is 10.6 Å². The molecule has 9 heteroatoms. The fraction of sp³-hybridized carbons (Fsp3) is 0.654. The number of ether oxygens (including phenoxy) is 1. The van der Waals surface area contributed by atoms with Gasteiger partial charge >= 0.3 is 5.97 Å². The van der Waals surface area contributed by atoms with Crippen LogP contribution in [-0.2, 0) is 20.8 Å². The van der Waals surface area contributed by atoms with Crippen LogP contribution < -0.4 is 21.1 Å². The van der Waals surface area contributed by atoms with E-state index < -0.39 is 30.1 Å². The molecule has 0 aromatic heterocycles. The summed E-state index contributed by atoms with van der Waals surface area (Å²) in [5.74, 6) is -1.03. The van der Waals surface area contributed by atoms with Crippen LogP contribution in [0, 0.1) is 5.92 Å². The van der Waals surface area contributed by atoms with E-state index in [0.29, 0.717) is 31.7 Å². The van der Waals surface area contributed by atoms with Crippen molar-refractivity contribution in [2.75, 3.05) is 13.2 Å². The molecule has 198 valence electrons. The monoisotopic (exact) mass is 493 g/mol. The maximum absolute atomic E-state index is 12.3. The third-order valence-corrected chi connectivity index (χ3v) is 5.74. The molecule has 0 radical (unpaired) electrons. The Morgan fingerprint density at radius 3 is 2.49 bits per heavy atom. The minimum atomic E-state index is -0.941. The number of carboxylic acids is 1. The summed E-state index contributed by atoms with van der Waals surface area (Å²) in [4.78, 5) is 35.2. The van der Waals surface area contributed by atoms with Crippen molar-refractivity contribution in [2.45, 2.75) is 90.3 Å². The number of rotatable bonds is 18. The summed E-state index contributed by atoms with van der Waals surface area (Å²) in [6, 6.07) is 6.07. The number of hydrogen-bond donors (Lipinski definition) is 5. The molecule has 0 fully saturated rings. The molecule has 1 rings (SSSR count). The lowest BCUT2D eigenvalue weighted by atomic mass is 9.93. The Balaban J connectivity index is 2.74. The Hall–Kier alpha value is -2.65. The van der Waals surface area contributed by atoms with Crippen molar-refractivity contribution in [3.63, 3.8) is 0 Å². The van der Waals surface area contributed by atoms with Gasteiger partial charge in [-0.05, 0) is 63.1 Å². The maximum atomic E-state index is 12.3. The van der Waals surface area contributed by atoms with E-state index in [-0.39, 0.29) is 24.7 Å². The molecular formula is C26H43N3O6. The number of nitrogens with two attached hydrogens (primary N) is 1. The number of unbranched alkanes of at least 4 members (excludes halogenated alkanes) is 3. The normalized spacial score (nSPS) is 14.4. The van der Waals surface area contributed by atoms with Crippen molar-refractivity contribution < 1.29 is 29.3 Å². The summed E-state index contributed by atoms with van der Waals surface area (Å²) in [5, 5.41) is 25.3. The number of aliphatic carboxylic acids is 1. The number of amides is 2. The van der Waals surface area contributed by atoms with Crippen LogP contribution in [0.5, 0.6) is 5.75 Å². The number of carbonyl (C=O) groups excluding carboxylic acids is 2. The smallest absolute Gasteiger partial charge is 0.303 e. The van der Waals surface area contributed by atoms with Crippen LogP contribution in [0.1, 0.15) is 71.3 Å². The van der Waals surface area contributed by atoms with Crippen molar-refractivity contribution >= 4 is 17.8 Å². The second-order valence-corrected chi connectivity index (χ2v) is 9.16. The van der Waals surface area contributed by atoms with Gasteiger partial charge in [-0.1, -0.05) is 32.4 Å². The minimum Gasteiger partial charge on any atom is -0.494 e. The molecule has 0 aliphatic rings. The van der Waals surface area contributed by atoms with Crippen LogP contribution in [0.15, 0.2) is 24.3 Å². The number of carboxylic acid groups (broad SMARTS) is 1. The van der Waals surface area contributed by atoms with Crippen LogP contribution in [0.25, 0.3) is 0 Å². The molecule has 0 aliphatic carbocycles. The van der Waals surface area contributed by atoms with Crippen LogP contribution in [0.2, 0.25) is 0 Å². The predicted molar refractivity (Wildman–Crippen MR) is 135 cm³/mol. The predicted octanol–water partition coefficient (Wildman–Crippen LogP) is 2.39. The molecule has 35 heavy (non-hydrogen) atoms. The first-order valence-corrected chi connectivity index (χ1v) is 12.6. The molecule has 9 nitrogen and oxygen atoms in total. The number of benzene rings is 1. The zero-order chi connectivity index (χ0) is 26.2. The molecule has 0 spiro atoms. The van der Waals surface area contributed by atoms with Gasteiger partial charge in [0.15, 0.2) is 0 Å². The van der Waals surface area contributed by atoms with Crippen LogP contribution in [0.3, 0.4) is 0 Å². The molecular weight excluding hydrogens is 450 g/mol. The average molecular weight is 494 g/mol. The highest BCUT2D eigenvalue weighted by molar-refractivity contribution is 5.81. The van der Waals surface area contributed by atoms with E-state index in [1.165, 1.54) is 0 Å². The lowest BCUT2D eigenvalue weighted by molar-refractivity contribution is -0.137. The molecule has 4 atom stereocenters. The first kappa shape index (κ1) is 30.4. The number of aliphatic hydroxyl groups excluding tert-OH is 1. The van der Waals surface area contributed by atoms with Gasteiger partial charge in [0.05, 0.1) is 24.8 Å². The molecule has 1 aromatic rings. The molecule has 0 aliphatic heterocycles. The van der Waals surface area contributed by atoms with E-state index in [1.54, 1.807) is 13.8 Å². The molecule has 4 unspecified atom stereocenters. The highest BCUT2D eigenvalue weighted by Crippen LogP contribution is 2.19. The second kappa shape index (κ2) is 16.9. The maximum Gasteiger partial charge on any atom is 0.303 e. The molecule has 0 saturated carbocycles. The van der Waals surface area contributed by atoms with Gasteiger partial charge < -0.3 is 31.3 Å². The van der Waals surface area contributed by atoms with Gasteiger partial charge in [-0.15, -0.1) is 0 Å². The van der Waals surface area contributed by atoms with E-state index in [4.69, 9.17) is 15.6 Å². The van der Waals surface area contributed by atoms with Gasteiger partial charge in [-0.2, -0.15) is 0 Å². The molecule has 0 heterocycles. The summed E-state index contributed by atoms with van der Waals surface area (Å²) in [6.07, 6.45) is 3.79. The van der Waals surface area contributed by atoms with Crippen LogP contribution >= 0.6 is 0 Å². The van der Waals surface area contributed by atoms with Gasteiger partial charge in [0.25, 0.3) is 0 Å². The third kappa shape index (κ3) is 13.1. The molecule has 0 bridgehead atoms. The number of nitrogens with one attached hydrogen (secondary N) is 2. The average Bonchev–Trinajstić information content (AvgIpc) is 2.80. The van der Waals surface area contributed by atoms with Crippen molar-refractivity contribution in [1.82, 2.24) is 10.6 Å². The Morgan fingerprint density at radius 2 is 1.83 bits per heavy atom. The largest absolute Gasteiger partial charge is 0.494 e. The summed E-state index contributed by atoms with van der Waals surface area (Å²) < 4.78 is 5.79. The summed E-state index contributed by atoms with van der Waals surface area (Å²) in [7, 11) is 0. The number of hydrogen-bond acceptors (Lipinski definition) is 6. The first-order valence-electron chi connectivity index (χ1n) is 12.6. The molecule has 1 aromatic carbocycles. The van der Waals surface area contributed by atoms with Gasteiger partial charge in [0.1, 0.15) is 5.75 Å². The van der Waals surface area contributed by atoms with E-state index in [0.717, 1.165) is 31.2 Å². The van der Waals surface area contributed by atoms with Crippen molar-refractivity contribution in [1.29, 1.82) is 0 Å². The van der Waals surface area contributed by atoms with E-state index in [1.807, 2.05) is 31.2 Å². The van der Waals surface area contributed by atoms with Gasteiger partial charge in [0.2, 0.25) is 11.8 Å². The van der Waals surface area contributed by atoms with Crippen LogP contribution in [0.4, 0.5) is 0 Å². The quantitative estimate of drug-likeness (QED) is 0.197. The first-order chi connectivity index (χ1) is 16.6. The van der Waals surface area contributed by atoms with Crippen molar-refractivity contribution in [2.24, 2.45) is 11.7 Å². The SMILES string of the molecule is CCCCNC(=O)C(C)CC(O)C(Cc1cccc(OCCCCCC(=O)O)c1)NC(=O)C(C)N. The lowest BCUT2D eigenvalue weighted by Crippen LogP contribution is -2.50. The third-order valence-electron chi connectivity index (χ3n) is 5.74. The topological polar surface area (TPSA) is 151 Å². The second-order valence-electron chi connectivity index (χ2n) is 9.16. The Labute approximate surface area is 208 Å². The standard InChI is InChI=1S/C26H43N3O6/c1-4-5-13-28-25(33)18(2)15-23(30)22(29-26(34)19(3)27)17-20-10-9-11-21(16-20)35-14-8-6-7-12-24(31)32/h9-11,16,18-19,22-23,30H,4-8,12-15,17,27H2,1-3H3,(H,28,33)(H,29,34)(H,31,32). The number of carbonyl (C=O) groups is 3. The minimum absolute atomic E-state index is 0.117. The summed E-state index contributed by atoms with van der Waals surface area (Å²) >= 11 is 0. The van der Waals surface area contributed by atoms with Gasteiger partial charge in [-0.25, -0.2) is 0 Å². The molecule has 2 amide bonds. The number of aliphatic hydroxyl groups is 1. The lowest BCUT2D eigenvalue weighted by Gasteiger charge is -2.27. The Kier molecular flexibility index (Phi) is 14.7. The summed E-state index contributed by atoms with van der Waals surface area (Å²) in [6.45, 7) is 6.47. The highest BCUT2D eigenvalue weighted by Gasteiger charge is 2.27. The molecule has 0 saturated heterocycles. The van der Waals surface area contributed by atoms with Gasteiger partial charge in [-0.3, -0.25) is 14.4 Å². The summed E-state index contributed by atoms with van der Waals surface area (Å²) in [5.41, 5.74) is 6.58. The van der Waals surface area contributed by atoms with Crippen molar-refractivity contribution in [3.8, 4) is 5.75 Å². The Morgan fingerprint density at radius 1 is 1.09 bits per heavy atom. The zero-order valence-corrected chi connectivity index (χ0v) is 21.3. The highest BCUT2D eigenvalue weighted by atomic mass is 16.5. The van der Waals surface area contributed by atoms with Crippen molar-refractivity contribution in [3.05, 3.63) is 29.8 Å². The fourth-order valence-electron chi connectivity index (χ4n) is 3.55. The zero-order valence-electron chi connectivity index (χ0n) is 21.3.